The van der Waals surface area contributed by atoms with Gasteiger partial charge in [0.15, 0.2) is 5.65 Å². The number of rotatable bonds is 5. The Labute approximate surface area is 245 Å². The molecule has 3 aromatic heterocycles. The van der Waals surface area contributed by atoms with Crippen molar-refractivity contribution in [1.29, 1.82) is 0 Å². The first-order chi connectivity index (χ1) is 19.5. The molecular weight excluding hydrogens is 533 g/mol. The summed E-state index contributed by atoms with van der Waals surface area (Å²) in [5, 5.41) is 0.376. The zero-order valence-electron chi connectivity index (χ0n) is 23.9. The van der Waals surface area contributed by atoms with Crippen molar-refractivity contribution in [3.05, 3.63) is 82.8 Å². The molecule has 2 N–H and O–H groups in total. The number of benzene rings is 1. The molecule has 220 valence electrons. The van der Waals surface area contributed by atoms with Crippen molar-refractivity contribution in [3.8, 4) is 16.9 Å². The number of anilines is 2. The summed E-state index contributed by atoms with van der Waals surface area (Å²) >= 11 is 0. The summed E-state index contributed by atoms with van der Waals surface area (Å²) in [6.45, 7) is 14.2. The molecule has 2 atom stereocenters. The summed E-state index contributed by atoms with van der Waals surface area (Å²) in [6.07, 6.45) is 3.01. The fourth-order valence-corrected chi connectivity index (χ4v) is 5.56. The van der Waals surface area contributed by atoms with Crippen LogP contribution in [0.2, 0.25) is 0 Å². The van der Waals surface area contributed by atoms with E-state index in [-0.39, 0.29) is 42.7 Å². The molecule has 0 saturated carbocycles. The lowest BCUT2D eigenvalue weighted by atomic mass is 10.0. The van der Waals surface area contributed by atoms with Crippen LogP contribution in [0.5, 0.6) is 0 Å². The fourth-order valence-electron chi connectivity index (χ4n) is 5.56. The molecule has 1 aliphatic heterocycles. The molecule has 0 spiro atoms. The van der Waals surface area contributed by atoms with Gasteiger partial charge in [0.1, 0.15) is 17.3 Å². The molecular formula is C32H38FN7O2. The third kappa shape index (κ3) is 5.13. The first kappa shape index (κ1) is 30.4. The van der Waals surface area contributed by atoms with E-state index in [1.54, 1.807) is 35.4 Å². The number of nitrogens with two attached hydrogens (primary N) is 1. The van der Waals surface area contributed by atoms with Crippen molar-refractivity contribution in [2.24, 2.45) is 0 Å². The van der Waals surface area contributed by atoms with Crippen LogP contribution in [0.25, 0.3) is 28.0 Å². The molecule has 9 nitrogen and oxygen atoms in total. The summed E-state index contributed by atoms with van der Waals surface area (Å²) in [5.41, 5.74) is 8.83. The van der Waals surface area contributed by atoms with E-state index in [4.69, 9.17) is 10.7 Å². The Morgan fingerprint density at radius 3 is 2.52 bits per heavy atom. The Bertz CT molecular complexity index is 1730. The molecule has 4 aromatic rings. The van der Waals surface area contributed by atoms with Crippen molar-refractivity contribution in [3.63, 3.8) is 0 Å². The van der Waals surface area contributed by atoms with Gasteiger partial charge in [-0.3, -0.25) is 9.78 Å². The summed E-state index contributed by atoms with van der Waals surface area (Å²) in [6, 6.07) is 9.71. The van der Waals surface area contributed by atoms with Gasteiger partial charge in [-0.05, 0) is 56.5 Å². The topological polar surface area (TPSA) is 110 Å². The Morgan fingerprint density at radius 1 is 1.14 bits per heavy atom. The van der Waals surface area contributed by atoms with Gasteiger partial charge in [0.05, 0.1) is 16.8 Å². The van der Waals surface area contributed by atoms with Crippen LogP contribution in [0.1, 0.15) is 52.3 Å². The van der Waals surface area contributed by atoms with Crippen molar-refractivity contribution in [2.75, 3.05) is 23.7 Å². The highest BCUT2D eigenvalue weighted by Gasteiger charge is 2.34. The van der Waals surface area contributed by atoms with E-state index in [1.807, 2.05) is 45.6 Å². The molecule has 0 radical (unpaired) electrons. The van der Waals surface area contributed by atoms with E-state index in [9.17, 15) is 9.59 Å². The second kappa shape index (κ2) is 11.7. The average molecular weight is 572 g/mol. The molecule has 0 bridgehead atoms. The molecule has 0 aliphatic carbocycles. The van der Waals surface area contributed by atoms with Gasteiger partial charge in [-0.1, -0.05) is 46.1 Å². The summed E-state index contributed by atoms with van der Waals surface area (Å²) < 4.78 is 17.3. The Kier molecular flexibility index (Phi) is 8.47. The Hall–Kier alpha value is -4.60. The number of carbonyl (C=O) groups excluding carboxylic acids is 1. The molecule has 0 unspecified atom stereocenters. The zero-order valence-corrected chi connectivity index (χ0v) is 23.9. The minimum Gasteiger partial charge on any atom is -0.398 e. The van der Waals surface area contributed by atoms with Crippen molar-refractivity contribution < 1.29 is 9.18 Å². The smallest absolute Gasteiger partial charge is 0.355 e. The first-order valence-electron chi connectivity index (χ1n) is 13.7. The van der Waals surface area contributed by atoms with E-state index in [0.717, 1.165) is 5.56 Å². The number of amides is 1. The Morgan fingerprint density at radius 2 is 1.86 bits per heavy atom. The van der Waals surface area contributed by atoms with Crippen LogP contribution in [0.15, 0.2) is 60.0 Å². The number of para-hydroxylation sites is 1. The molecule has 1 aliphatic rings. The molecule has 1 fully saturated rings. The first-order valence-corrected chi connectivity index (χ1v) is 13.7. The average Bonchev–Trinajstić information content (AvgIpc) is 2.94. The quantitative estimate of drug-likeness (QED) is 0.258. The molecule has 42 heavy (non-hydrogen) atoms. The molecule has 5 rings (SSSR count). The number of nitrogen functional groups attached to an aromatic ring is 1. The fraction of sp³-hybridized carbons (Fsp3) is 0.344. The predicted molar refractivity (Wildman–Crippen MR) is 166 cm³/mol. The van der Waals surface area contributed by atoms with E-state index >= 15 is 4.39 Å². The second-order valence-corrected chi connectivity index (χ2v) is 10.9. The molecule has 10 heteroatoms. The van der Waals surface area contributed by atoms with E-state index < -0.39 is 11.5 Å². The maximum absolute atomic E-state index is 15.9. The lowest BCUT2D eigenvalue weighted by Crippen LogP contribution is -2.58. The second-order valence-electron chi connectivity index (χ2n) is 10.9. The number of pyridine rings is 2. The van der Waals surface area contributed by atoms with Crippen molar-refractivity contribution in [2.45, 2.75) is 60.0 Å². The van der Waals surface area contributed by atoms with E-state index in [2.05, 4.69) is 16.5 Å². The van der Waals surface area contributed by atoms with Crippen LogP contribution in [0.3, 0.4) is 0 Å². The van der Waals surface area contributed by atoms with Gasteiger partial charge in [-0.15, -0.1) is 0 Å². The zero-order chi connectivity index (χ0) is 29.6. The van der Waals surface area contributed by atoms with Gasteiger partial charge in [0, 0.05) is 42.6 Å². The largest absolute Gasteiger partial charge is 0.398 e. The number of hydrogen-bond donors (Lipinski definition) is 1. The van der Waals surface area contributed by atoms with Gasteiger partial charge < -0.3 is 15.5 Å². The Balaban J connectivity index is 0.00000405. The standard InChI is InChI=1S/C31H34FN7O2.CH4/c1-7-25(40)37-15-20(6)38(16-19(37)5)29-22-14-23(32)27(21-10-8-9-11-24(21)33)35-30(22)39(31(41)36-29)28-18(4)12-13-34-26(28)17(2)3;/h7-14,17,19-20H,1,15-16,33H2,2-6H3;1H4/t19-,20+;/m1./s1. The van der Waals surface area contributed by atoms with E-state index in [1.165, 1.54) is 16.7 Å². The van der Waals surface area contributed by atoms with Crippen molar-refractivity contribution in [1.82, 2.24) is 24.4 Å². The van der Waals surface area contributed by atoms with Crippen LogP contribution in [-0.2, 0) is 4.79 Å². The van der Waals surface area contributed by atoms with Crippen LogP contribution >= 0.6 is 0 Å². The summed E-state index contributed by atoms with van der Waals surface area (Å²) in [5.74, 6) is -0.439. The molecule has 1 saturated heterocycles. The number of piperazine rings is 1. The van der Waals surface area contributed by atoms with Gasteiger partial charge in [0.2, 0.25) is 5.91 Å². The van der Waals surface area contributed by atoms with Gasteiger partial charge in [-0.25, -0.2) is 18.7 Å². The number of hydrogen-bond acceptors (Lipinski definition) is 7. The molecule has 4 heterocycles. The third-order valence-corrected chi connectivity index (χ3v) is 7.66. The lowest BCUT2D eigenvalue weighted by Gasteiger charge is -2.44. The van der Waals surface area contributed by atoms with Gasteiger partial charge in [-0.2, -0.15) is 4.98 Å². The molecule has 1 aromatic carbocycles. The summed E-state index contributed by atoms with van der Waals surface area (Å²) in [7, 11) is 0. The molecule has 1 amide bonds. The van der Waals surface area contributed by atoms with Crippen LogP contribution in [-0.4, -0.2) is 55.5 Å². The van der Waals surface area contributed by atoms with Crippen molar-refractivity contribution >= 4 is 28.4 Å². The minimum atomic E-state index is -0.586. The SMILES string of the molecule is C.C=CC(=O)N1C[C@H](C)N(c2nc(=O)n(-c3c(C)ccnc3C(C)C)c3nc(-c4ccccc4N)c(F)cc23)C[C@H]1C. The number of halogens is 1. The third-order valence-electron chi connectivity index (χ3n) is 7.66. The van der Waals surface area contributed by atoms with Crippen LogP contribution in [0.4, 0.5) is 15.9 Å². The number of aromatic nitrogens is 4. The van der Waals surface area contributed by atoms with Crippen LogP contribution < -0.4 is 16.3 Å². The maximum atomic E-state index is 15.9. The maximum Gasteiger partial charge on any atom is 0.355 e. The van der Waals surface area contributed by atoms with Crippen LogP contribution in [0, 0.1) is 12.7 Å². The minimum absolute atomic E-state index is 0. The lowest BCUT2D eigenvalue weighted by molar-refractivity contribution is -0.128. The monoisotopic (exact) mass is 571 g/mol. The highest BCUT2D eigenvalue weighted by atomic mass is 19.1. The number of carbonyl (C=O) groups is 1. The summed E-state index contributed by atoms with van der Waals surface area (Å²) in [4.78, 5) is 44.0. The van der Waals surface area contributed by atoms with Gasteiger partial charge in [0.25, 0.3) is 0 Å². The van der Waals surface area contributed by atoms with E-state index in [0.29, 0.717) is 46.9 Å². The highest BCUT2D eigenvalue weighted by molar-refractivity contribution is 5.92. The normalized spacial score (nSPS) is 16.9. The highest BCUT2D eigenvalue weighted by Crippen LogP contribution is 2.35. The number of fused-ring (bicyclic) bond motifs is 1. The number of aryl methyl sites for hydroxylation is 1. The number of nitrogens with zero attached hydrogens (tertiary/aromatic N) is 6. The van der Waals surface area contributed by atoms with Gasteiger partial charge >= 0.3 is 5.69 Å². The predicted octanol–water partition coefficient (Wildman–Crippen LogP) is 5.24.